The number of methoxy groups -OCH3 is 2. The summed E-state index contributed by atoms with van der Waals surface area (Å²) >= 11 is 0. The Kier molecular flexibility index (Phi) is 13.3. The third-order valence-corrected chi connectivity index (χ3v) is 21.0. The van der Waals surface area contributed by atoms with E-state index in [1.165, 1.54) is 58.5 Å². The standard InChI is InChI=1S/2C25H42O4/c1-15(5-8-22(27)28)18-6-7-19-23-20(10-12-25(18,19)3)24(2)11-9-17(26)13-16(24)14-21(23)29-4;1-15(5-8-22(28)29-4)18-6-7-19-23-20(10-12-25(18,19)3)24(2)11-9-17(26)13-16(24)14-21(23)27/h15-21,23,26H,5-14H2,1-4H3,(H,27,28);15-21,23,26-27H,5-14H2,1-4H3/t2*15-,16?,17-,18?,19?,20?,21+,23?,24+,25-/m11/s1. The number of ether oxygens (including phenoxy) is 2. The molecule has 8 nitrogen and oxygen atoms in total. The Balaban J connectivity index is 0.000000177. The fourth-order valence-electron chi connectivity index (χ4n) is 17.8. The number of fused-ring (bicyclic) bond motifs is 10. The second-order valence-electron chi connectivity index (χ2n) is 23.1. The number of carbonyl (C=O) groups is 2. The number of hydrogen-bond donors (Lipinski definition) is 4. The van der Waals surface area contributed by atoms with Crippen LogP contribution in [0.25, 0.3) is 0 Å². The number of carboxylic acids is 1. The highest BCUT2D eigenvalue weighted by Gasteiger charge is 2.65. The van der Waals surface area contributed by atoms with Crippen LogP contribution >= 0.6 is 0 Å². The van der Waals surface area contributed by atoms with E-state index in [9.17, 15) is 24.9 Å². The van der Waals surface area contributed by atoms with Gasteiger partial charge in [0, 0.05) is 20.0 Å². The molecule has 8 aliphatic rings. The molecular weight excluding hydrogens is 729 g/mol. The second kappa shape index (κ2) is 17.2. The normalized spacial score (nSPS) is 50.3. The van der Waals surface area contributed by atoms with Crippen LogP contribution < -0.4 is 0 Å². The van der Waals surface area contributed by atoms with E-state index in [1.807, 2.05) is 7.11 Å². The van der Waals surface area contributed by atoms with Crippen LogP contribution in [-0.2, 0) is 19.1 Å². The van der Waals surface area contributed by atoms with Crippen LogP contribution in [0.2, 0.25) is 0 Å². The molecule has 0 saturated heterocycles. The van der Waals surface area contributed by atoms with E-state index in [1.54, 1.807) is 0 Å². The molecule has 8 fully saturated rings. The lowest BCUT2D eigenvalue weighted by atomic mass is 9.43. The van der Waals surface area contributed by atoms with Gasteiger partial charge in [0.05, 0.1) is 31.5 Å². The fraction of sp³-hybridized carbons (Fsp3) is 0.960. The van der Waals surface area contributed by atoms with Crippen molar-refractivity contribution in [2.24, 2.45) is 92.7 Å². The zero-order chi connectivity index (χ0) is 41.9. The van der Waals surface area contributed by atoms with Crippen LogP contribution in [0, 0.1) is 92.7 Å². The molecule has 0 heterocycles. The Morgan fingerprint density at radius 3 is 1.53 bits per heavy atom. The Morgan fingerprint density at radius 2 is 1.03 bits per heavy atom. The minimum atomic E-state index is -0.662. The maximum atomic E-state index is 11.6. The molecule has 58 heavy (non-hydrogen) atoms. The minimum absolute atomic E-state index is 0.0959. The summed E-state index contributed by atoms with van der Waals surface area (Å²) in [7, 11) is 3.38. The Bertz CT molecular complexity index is 1450. The van der Waals surface area contributed by atoms with E-state index >= 15 is 0 Å². The first-order valence-electron chi connectivity index (χ1n) is 24.3. The summed E-state index contributed by atoms with van der Waals surface area (Å²) in [5.41, 5.74) is 1.26. The highest BCUT2D eigenvalue weighted by molar-refractivity contribution is 5.69. The third-order valence-electron chi connectivity index (χ3n) is 21.0. The van der Waals surface area contributed by atoms with Crippen molar-refractivity contribution in [1.29, 1.82) is 0 Å². The minimum Gasteiger partial charge on any atom is -0.481 e. The molecule has 0 radical (unpaired) electrons. The number of hydrogen-bond acceptors (Lipinski definition) is 7. The smallest absolute Gasteiger partial charge is 0.305 e. The average molecular weight is 813 g/mol. The van der Waals surface area contributed by atoms with Crippen molar-refractivity contribution in [2.45, 2.75) is 194 Å². The first-order valence-corrected chi connectivity index (χ1v) is 24.3. The van der Waals surface area contributed by atoms with Crippen LogP contribution in [0.5, 0.6) is 0 Å². The van der Waals surface area contributed by atoms with Crippen LogP contribution in [0.3, 0.4) is 0 Å². The van der Waals surface area contributed by atoms with E-state index in [4.69, 9.17) is 14.6 Å². The van der Waals surface area contributed by atoms with Gasteiger partial charge in [-0.15, -0.1) is 0 Å². The molecular formula is C50H84O8. The van der Waals surface area contributed by atoms with Gasteiger partial charge in [-0.05, 0) is 208 Å². The zero-order valence-corrected chi connectivity index (χ0v) is 37.8. The van der Waals surface area contributed by atoms with Crippen LogP contribution in [0.4, 0.5) is 0 Å². The molecule has 0 aliphatic heterocycles. The second-order valence-corrected chi connectivity index (χ2v) is 23.1. The van der Waals surface area contributed by atoms with Gasteiger partial charge in [-0.1, -0.05) is 41.5 Å². The molecule has 10 unspecified atom stereocenters. The molecule has 0 aromatic rings. The van der Waals surface area contributed by atoms with Crippen molar-refractivity contribution in [3.05, 3.63) is 0 Å². The van der Waals surface area contributed by atoms with E-state index in [-0.39, 0.29) is 29.7 Å². The number of aliphatic carboxylic acids is 1. The summed E-state index contributed by atoms with van der Waals surface area (Å²) < 4.78 is 11.0. The zero-order valence-electron chi connectivity index (χ0n) is 37.8. The van der Waals surface area contributed by atoms with Gasteiger partial charge in [0.2, 0.25) is 0 Å². The van der Waals surface area contributed by atoms with Crippen molar-refractivity contribution in [3.8, 4) is 0 Å². The fourth-order valence-corrected chi connectivity index (χ4v) is 17.8. The SMILES string of the molecule is COC(=O)CC[C@@H](C)C1CCC2C3C(CC[C@@]21C)[C@@]1(C)CC[C@@H](O)CC1C[C@@H]3O.CO[C@H]1CC2C[C@H](O)CC[C@]2(C)C2CC[C@@]3(C)C(CCC3[C@H](C)CCC(=O)O)C21. The number of esters is 1. The maximum Gasteiger partial charge on any atom is 0.305 e. The molecule has 20 atom stereocenters. The number of carbonyl (C=O) groups excluding carboxylic acids is 1. The van der Waals surface area contributed by atoms with Gasteiger partial charge in [-0.25, -0.2) is 0 Å². The number of aliphatic hydroxyl groups excluding tert-OH is 3. The van der Waals surface area contributed by atoms with E-state index in [0.29, 0.717) is 106 Å². The van der Waals surface area contributed by atoms with Crippen molar-refractivity contribution >= 4 is 11.9 Å². The first kappa shape index (κ1) is 44.8. The van der Waals surface area contributed by atoms with Gasteiger partial charge in [-0.2, -0.15) is 0 Å². The lowest BCUT2D eigenvalue weighted by Gasteiger charge is -2.63. The average Bonchev–Trinajstić information content (AvgIpc) is 3.73. The summed E-state index contributed by atoms with van der Waals surface area (Å²) in [5.74, 6) is 6.27. The van der Waals surface area contributed by atoms with E-state index < -0.39 is 5.97 Å². The van der Waals surface area contributed by atoms with Gasteiger partial charge in [0.1, 0.15) is 0 Å². The molecule has 0 aromatic carbocycles. The molecule has 8 heteroatoms. The Hall–Kier alpha value is -1.22. The first-order chi connectivity index (χ1) is 27.4. The van der Waals surface area contributed by atoms with Crippen molar-refractivity contribution in [3.63, 3.8) is 0 Å². The van der Waals surface area contributed by atoms with Crippen LogP contribution in [0.15, 0.2) is 0 Å². The van der Waals surface area contributed by atoms with Gasteiger partial charge in [0.25, 0.3) is 0 Å². The van der Waals surface area contributed by atoms with Crippen LogP contribution in [0.1, 0.15) is 170 Å². The molecule has 8 aliphatic carbocycles. The summed E-state index contributed by atoms with van der Waals surface area (Å²) in [6.45, 7) is 14.6. The summed E-state index contributed by atoms with van der Waals surface area (Å²) in [6, 6.07) is 0. The predicted molar refractivity (Wildman–Crippen MR) is 226 cm³/mol. The molecule has 0 aromatic heterocycles. The summed E-state index contributed by atoms with van der Waals surface area (Å²) in [4.78, 5) is 22.8. The van der Waals surface area contributed by atoms with Gasteiger partial charge < -0.3 is 29.9 Å². The van der Waals surface area contributed by atoms with Crippen LogP contribution in [-0.4, -0.2) is 71.0 Å². The van der Waals surface area contributed by atoms with Gasteiger partial charge in [0.15, 0.2) is 0 Å². The highest BCUT2D eigenvalue weighted by atomic mass is 16.5. The molecule has 0 amide bonds. The molecule has 8 saturated carbocycles. The van der Waals surface area contributed by atoms with Crippen molar-refractivity contribution in [2.75, 3.05) is 14.2 Å². The van der Waals surface area contributed by atoms with Gasteiger partial charge >= 0.3 is 11.9 Å². The van der Waals surface area contributed by atoms with E-state index in [0.717, 1.165) is 64.2 Å². The maximum absolute atomic E-state index is 11.6. The molecule has 0 bridgehead atoms. The van der Waals surface area contributed by atoms with E-state index in [2.05, 4.69) is 41.5 Å². The molecule has 4 N–H and O–H groups in total. The monoisotopic (exact) mass is 813 g/mol. The largest absolute Gasteiger partial charge is 0.481 e. The van der Waals surface area contributed by atoms with Crippen molar-refractivity contribution in [1.82, 2.24) is 0 Å². The summed E-state index contributed by atoms with van der Waals surface area (Å²) in [5, 5.41) is 41.0. The quantitative estimate of drug-likeness (QED) is 0.169. The Labute approximate surface area is 351 Å². The number of aliphatic hydroxyl groups is 3. The number of rotatable bonds is 9. The Morgan fingerprint density at radius 1 is 0.586 bits per heavy atom. The van der Waals surface area contributed by atoms with Gasteiger partial charge in [-0.3, -0.25) is 9.59 Å². The van der Waals surface area contributed by atoms with Crippen molar-refractivity contribution < 1.29 is 39.5 Å². The lowest BCUT2D eigenvalue weighted by molar-refractivity contribution is -0.181. The number of carboxylic acid groups (broad SMARTS) is 1. The molecule has 0 spiro atoms. The lowest BCUT2D eigenvalue weighted by Crippen LogP contribution is -2.59. The predicted octanol–water partition coefficient (Wildman–Crippen LogP) is 9.70. The third kappa shape index (κ3) is 7.77. The topological polar surface area (TPSA) is 134 Å². The molecule has 8 rings (SSSR count). The highest BCUT2D eigenvalue weighted by Crippen LogP contribution is 2.70. The summed E-state index contributed by atoms with van der Waals surface area (Å²) in [6.07, 6.45) is 20.4. The molecule has 332 valence electrons.